The van der Waals surface area contributed by atoms with Gasteiger partial charge in [0.15, 0.2) is 0 Å². The number of fused-ring (bicyclic) bond motifs is 2. The van der Waals surface area contributed by atoms with Crippen molar-refractivity contribution >= 4 is 6.09 Å². The summed E-state index contributed by atoms with van der Waals surface area (Å²) >= 11 is 0. The summed E-state index contributed by atoms with van der Waals surface area (Å²) in [4.78, 5) is 18.5. The van der Waals surface area contributed by atoms with Gasteiger partial charge in [-0.2, -0.15) is 0 Å². The average molecular weight is 334 g/mol. The van der Waals surface area contributed by atoms with E-state index in [4.69, 9.17) is 9.47 Å². The Morgan fingerprint density at radius 3 is 2.50 bits per heavy atom. The monoisotopic (exact) mass is 334 g/mol. The number of carbonyl (C=O) groups is 1. The molecule has 6 heteroatoms. The first-order valence-electron chi connectivity index (χ1n) is 8.41. The number of nitrogens with zero attached hydrogens (tertiary/aromatic N) is 2. The molecule has 1 aromatic rings. The Bertz CT molecular complexity index is 612. The lowest BCUT2D eigenvalue weighted by atomic mass is 9.77. The molecule has 0 saturated carbocycles. The zero-order chi connectivity index (χ0) is 17.5. The van der Waals surface area contributed by atoms with Gasteiger partial charge in [-0.05, 0) is 33.3 Å². The van der Waals surface area contributed by atoms with Crippen LogP contribution in [0.15, 0.2) is 18.5 Å². The highest BCUT2D eigenvalue weighted by molar-refractivity contribution is 5.69. The largest absolute Gasteiger partial charge is 0.444 e. The van der Waals surface area contributed by atoms with Crippen LogP contribution >= 0.6 is 0 Å². The second-order valence-electron chi connectivity index (χ2n) is 7.92. The van der Waals surface area contributed by atoms with Crippen LogP contribution < -0.4 is 0 Å². The van der Waals surface area contributed by atoms with Crippen LogP contribution in [0.2, 0.25) is 0 Å². The number of amides is 1. The first-order chi connectivity index (χ1) is 11.2. The second kappa shape index (κ2) is 6.01. The normalized spacial score (nSPS) is 30.1. The lowest BCUT2D eigenvalue weighted by molar-refractivity contribution is -0.141. The van der Waals surface area contributed by atoms with Crippen molar-refractivity contribution in [3.8, 4) is 0 Å². The number of rotatable bonds is 1. The molecule has 2 unspecified atom stereocenters. The molecule has 2 bridgehead atoms. The minimum absolute atomic E-state index is 0.196. The topological polar surface area (TPSA) is 71.9 Å². The number of aliphatic hydroxyl groups is 1. The Hall–Kier alpha value is -1.66. The van der Waals surface area contributed by atoms with Crippen molar-refractivity contribution < 1.29 is 19.4 Å². The molecular formula is C18H26N2O4. The first-order valence-corrected chi connectivity index (χ1v) is 8.41. The summed E-state index contributed by atoms with van der Waals surface area (Å²) in [7, 11) is 0. The van der Waals surface area contributed by atoms with E-state index in [-0.39, 0.29) is 18.2 Å². The van der Waals surface area contributed by atoms with E-state index < -0.39 is 11.2 Å². The average Bonchev–Trinajstić information content (AvgIpc) is 2.44. The van der Waals surface area contributed by atoms with Crippen molar-refractivity contribution in [2.75, 3.05) is 13.2 Å². The molecule has 132 valence electrons. The van der Waals surface area contributed by atoms with Gasteiger partial charge >= 0.3 is 6.09 Å². The molecule has 6 nitrogen and oxygen atoms in total. The summed E-state index contributed by atoms with van der Waals surface area (Å²) in [5.74, 6) is 0. The second-order valence-corrected chi connectivity index (χ2v) is 7.92. The Kier molecular flexibility index (Phi) is 4.30. The van der Waals surface area contributed by atoms with Gasteiger partial charge in [0.2, 0.25) is 0 Å². The van der Waals surface area contributed by atoms with Gasteiger partial charge in [-0.3, -0.25) is 9.88 Å². The van der Waals surface area contributed by atoms with Gasteiger partial charge in [0.1, 0.15) is 5.60 Å². The highest BCUT2D eigenvalue weighted by atomic mass is 16.6. The van der Waals surface area contributed by atoms with Crippen molar-refractivity contribution in [1.82, 2.24) is 9.88 Å². The van der Waals surface area contributed by atoms with Gasteiger partial charge in [-0.1, -0.05) is 6.07 Å². The van der Waals surface area contributed by atoms with E-state index in [1.165, 1.54) is 0 Å². The number of aromatic nitrogens is 1. The van der Waals surface area contributed by atoms with Crippen molar-refractivity contribution in [1.29, 1.82) is 0 Å². The Balaban J connectivity index is 1.84. The number of hydrogen-bond donors (Lipinski definition) is 1. The Morgan fingerprint density at radius 2 is 1.96 bits per heavy atom. The van der Waals surface area contributed by atoms with Crippen LogP contribution in [-0.2, 0) is 15.1 Å². The molecule has 1 aromatic heterocycles. The zero-order valence-corrected chi connectivity index (χ0v) is 14.8. The van der Waals surface area contributed by atoms with E-state index in [0.717, 1.165) is 11.1 Å². The summed E-state index contributed by atoms with van der Waals surface area (Å²) in [6, 6.07) is 1.57. The summed E-state index contributed by atoms with van der Waals surface area (Å²) in [6.07, 6.45) is 4.01. The van der Waals surface area contributed by atoms with E-state index in [2.05, 4.69) is 4.98 Å². The van der Waals surface area contributed by atoms with E-state index in [0.29, 0.717) is 26.1 Å². The maximum atomic E-state index is 12.6. The molecule has 2 saturated heterocycles. The van der Waals surface area contributed by atoms with Crippen LogP contribution in [0.5, 0.6) is 0 Å². The first kappa shape index (κ1) is 17.2. The van der Waals surface area contributed by atoms with E-state index >= 15 is 0 Å². The van der Waals surface area contributed by atoms with E-state index in [9.17, 15) is 9.90 Å². The van der Waals surface area contributed by atoms with Crippen LogP contribution in [0.3, 0.4) is 0 Å². The van der Waals surface area contributed by atoms with Crippen molar-refractivity contribution in [3.63, 3.8) is 0 Å². The summed E-state index contributed by atoms with van der Waals surface area (Å²) < 4.78 is 11.2. The van der Waals surface area contributed by atoms with Gasteiger partial charge < -0.3 is 14.6 Å². The third-order valence-corrected chi connectivity index (χ3v) is 4.57. The maximum Gasteiger partial charge on any atom is 0.410 e. The number of morpholine rings is 1. The molecule has 1 N–H and O–H groups in total. The molecule has 24 heavy (non-hydrogen) atoms. The van der Waals surface area contributed by atoms with Crippen molar-refractivity contribution in [2.24, 2.45) is 0 Å². The third-order valence-electron chi connectivity index (χ3n) is 4.57. The molecule has 0 radical (unpaired) electrons. The summed E-state index contributed by atoms with van der Waals surface area (Å²) in [6.45, 7) is 8.36. The van der Waals surface area contributed by atoms with E-state index in [1.807, 2.05) is 33.8 Å². The fourth-order valence-electron chi connectivity index (χ4n) is 3.63. The van der Waals surface area contributed by atoms with Crippen LogP contribution in [0.4, 0.5) is 4.79 Å². The van der Waals surface area contributed by atoms with Gasteiger partial charge in [0.05, 0.1) is 30.9 Å². The number of aryl methyl sites for hydroxylation is 1. The molecule has 3 rings (SSSR count). The third kappa shape index (κ3) is 3.39. The molecule has 2 fully saturated rings. The fraction of sp³-hybridized carbons (Fsp3) is 0.667. The standard InChI is InChI=1S/C18H26N2O4/c1-12-5-13(9-19-8-12)18(22)6-14-10-23-11-15(7-18)20(14)16(21)24-17(2,3)4/h5,8-9,14-15,22H,6-7,10-11H2,1-4H3. The Morgan fingerprint density at radius 1 is 1.33 bits per heavy atom. The van der Waals surface area contributed by atoms with Crippen LogP contribution in [-0.4, -0.2) is 52.0 Å². The van der Waals surface area contributed by atoms with Gasteiger partial charge in [-0.25, -0.2) is 4.79 Å². The fourth-order valence-corrected chi connectivity index (χ4v) is 3.63. The van der Waals surface area contributed by atoms with Crippen LogP contribution in [0.25, 0.3) is 0 Å². The SMILES string of the molecule is Cc1cncc(C2(O)CC3COCC(C2)N3C(=O)OC(C)(C)C)c1. The predicted octanol–water partition coefficient (Wildman–Crippen LogP) is 2.38. The Labute approximate surface area is 142 Å². The smallest absolute Gasteiger partial charge is 0.410 e. The van der Waals surface area contributed by atoms with Crippen molar-refractivity contribution in [2.45, 2.75) is 63.8 Å². The number of piperidine rings is 1. The molecule has 2 aliphatic heterocycles. The molecule has 3 heterocycles. The summed E-state index contributed by atoms with van der Waals surface area (Å²) in [5, 5.41) is 11.2. The number of carbonyl (C=O) groups excluding carboxylic acids is 1. The number of hydrogen-bond acceptors (Lipinski definition) is 5. The number of pyridine rings is 1. The van der Waals surface area contributed by atoms with Gasteiger partial charge in [0, 0.05) is 30.8 Å². The molecule has 2 atom stereocenters. The predicted molar refractivity (Wildman–Crippen MR) is 88.6 cm³/mol. The van der Waals surface area contributed by atoms with Crippen LogP contribution in [0, 0.1) is 6.92 Å². The quantitative estimate of drug-likeness (QED) is 0.854. The molecular weight excluding hydrogens is 308 g/mol. The molecule has 1 amide bonds. The lowest BCUT2D eigenvalue weighted by Crippen LogP contribution is -2.63. The zero-order valence-electron chi connectivity index (χ0n) is 14.8. The van der Waals surface area contributed by atoms with Gasteiger partial charge in [0.25, 0.3) is 0 Å². The van der Waals surface area contributed by atoms with Crippen molar-refractivity contribution in [3.05, 3.63) is 29.6 Å². The molecule has 0 aliphatic carbocycles. The molecule has 0 aromatic carbocycles. The molecule has 0 spiro atoms. The minimum Gasteiger partial charge on any atom is -0.444 e. The number of ether oxygens (including phenoxy) is 2. The molecule has 2 aliphatic rings. The highest BCUT2D eigenvalue weighted by Crippen LogP contribution is 2.41. The minimum atomic E-state index is -0.989. The van der Waals surface area contributed by atoms with Gasteiger partial charge in [-0.15, -0.1) is 0 Å². The van der Waals surface area contributed by atoms with E-state index in [1.54, 1.807) is 17.3 Å². The summed E-state index contributed by atoms with van der Waals surface area (Å²) in [5.41, 5.74) is 0.289. The lowest BCUT2D eigenvalue weighted by Gasteiger charge is -2.51. The maximum absolute atomic E-state index is 12.6. The highest BCUT2D eigenvalue weighted by Gasteiger charge is 2.49. The van der Waals surface area contributed by atoms with Crippen LogP contribution in [0.1, 0.15) is 44.7 Å².